The van der Waals surface area contributed by atoms with Gasteiger partial charge in [-0.1, -0.05) is 17.7 Å². The maximum absolute atomic E-state index is 12.0. The number of nitrogens with zero attached hydrogens (tertiary/aromatic N) is 1. The van der Waals surface area contributed by atoms with Crippen LogP contribution in [0.15, 0.2) is 24.3 Å². The summed E-state index contributed by atoms with van der Waals surface area (Å²) in [6, 6.07) is 7.21. The van der Waals surface area contributed by atoms with Gasteiger partial charge in [-0.3, -0.25) is 9.69 Å². The van der Waals surface area contributed by atoms with Crippen LogP contribution in [0.2, 0.25) is 0 Å². The van der Waals surface area contributed by atoms with E-state index in [-0.39, 0.29) is 18.5 Å². The first-order valence-corrected chi connectivity index (χ1v) is 6.23. The number of anilines is 1. The van der Waals surface area contributed by atoms with Gasteiger partial charge in [-0.25, -0.2) is 4.79 Å². The summed E-state index contributed by atoms with van der Waals surface area (Å²) in [5.74, 6) is -0.854. The molecule has 0 saturated carbocycles. The van der Waals surface area contributed by atoms with E-state index in [0.29, 0.717) is 6.42 Å². The molecule has 0 radical (unpaired) electrons. The molecule has 1 unspecified atom stereocenters. The van der Waals surface area contributed by atoms with E-state index < -0.39 is 5.97 Å². The lowest BCUT2D eigenvalue weighted by Crippen LogP contribution is -2.42. The summed E-state index contributed by atoms with van der Waals surface area (Å²) in [6.45, 7) is 3.78. The molecular formula is C14H20N2O3. The summed E-state index contributed by atoms with van der Waals surface area (Å²) in [5.41, 5.74) is 1.93. The predicted molar refractivity (Wildman–Crippen MR) is 74.4 cm³/mol. The Morgan fingerprint density at radius 1 is 1.32 bits per heavy atom. The molecule has 2 amide bonds. The fourth-order valence-corrected chi connectivity index (χ4v) is 1.61. The van der Waals surface area contributed by atoms with Crippen molar-refractivity contribution >= 4 is 17.7 Å². The van der Waals surface area contributed by atoms with Gasteiger partial charge in [0.2, 0.25) is 0 Å². The van der Waals surface area contributed by atoms with Crippen molar-refractivity contribution in [3.8, 4) is 0 Å². The van der Waals surface area contributed by atoms with Gasteiger partial charge in [-0.2, -0.15) is 0 Å². The lowest BCUT2D eigenvalue weighted by atomic mass is 10.2. The van der Waals surface area contributed by atoms with Gasteiger partial charge < -0.3 is 10.4 Å². The number of amides is 2. The average molecular weight is 264 g/mol. The van der Waals surface area contributed by atoms with Crippen molar-refractivity contribution in [2.45, 2.75) is 32.7 Å². The van der Waals surface area contributed by atoms with E-state index in [2.05, 4.69) is 5.32 Å². The molecule has 0 aliphatic carbocycles. The molecule has 0 aliphatic heterocycles. The topological polar surface area (TPSA) is 69.6 Å². The zero-order valence-electron chi connectivity index (χ0n) is 11.5. The van der Waals surface area contributed by atoms with Crippen LogP contribution in [-0.4, -0.2) is 30.2 Å². The van der Waals surface area contributed by atoms with E-state index in [4.69, 9.17) is 5.11 Å². The number of aryl methyl sites for hydroxylation is 1. The summed E-state index contributed by atoms with van der Waals surface area (Å²) >= 11 is 0. The molecule has 0 spiro atoms. The van der Waals surface area contributed by atoms with Crippen LogP contribution in [0.5, 0.6) is 0 Å². The van der Waals surface area contributed by atoms with E-state index in [1.165, 1.54) is 4.90 Å². The van der Waals surface area contributed by atoms with Crippen molar-refractivity contribution in [2.75, 3.05) is 11.9 Å². The molecule has 1 aromatic carbocycles. The molecule has 0 fully saturated rings. The molecule has 5 nitrogen and oxygen atoms in total. The van der Waals surface area contributed by atoms with Crippen molar-refractivity contribution in [3.63, 3.8) is 0 Å². The normalized spacial score (nSPS) is 11.7. The molecule has 0 aromatic heterocycles. The summed E-state index contributed by atoms with van der Waals surface area (Å²) in [6.07, 6.45) is 0.471. The first-order valence-electron chi connectivity index (χ1n) is 6.23. The quantitative estimate of drug-likeness (QED) is 0.858. The largest absolute Gasteiger partial charge is 0.481 e. The summed E-state index contributed by atoms with van der Waals surface area (Å²) in [7, 11) is 1.68. The minimum atomic E-state index is -0.854. The number of urea groups is 1. The van der Waals surface area contributed by atoms with Crippen LogP contribution >= 0.6 is 0 Å². The number of benzene rings is 1. The lowest BCUT2D eigenvalue weighted by molar-refractivity contribution is -0.137. The zero-order chi connectivity index (χ0) is 14.4. The van der Waals surface area contributed by atoms with Crippen LogP contribution in [0.25, 0.3) is 0 Å². The number of carbonyl (C=O) groups is 2. The molecule has 2 N–H and O–H groups in total. The van der Waals surface area contributed by atoms with Gasteiger partial charge in [-0.15, -0.1) is 0 Å². The maximum Gasteiger partial charge on any atom is 0.321 e. The highest BCUT2D eigenvalue weighted by Crippen LogP contribution is 2.13. The number of rotatable bonds is 5. The summed E-state index contributed by atoms with van der Waals surface area (Å²) in [5, 5.41) is 11.4. The molecule has 104 valence electrons. The van der Waals surface area contributed by atoms with Crippen LogP contribution in [0.3, 0.4) is 0 Å². The molecule has 5 heteroatoms. The standard InChI is InChI=1S/C14H20N2O3/c1-10-4-7-12(8-5-10)16(3)14(19)15-11(2)6-9-13(17)18/h4-5,7-8,11H,6,9H2,1-3H3,(H,15,19)(H,17,18). The average Bonchev–Trinajstić information content (AvgIpc) is 2.36. The number of hydrogen-bond acceptors (Lipinski definition) is 2. The maximum atomic E-state index is 12.0. The van der Waals surface area contributed by atoms with Crippen LogP contribution in [-0.2, 0) is 4.79 Å². The summed E-state index contributed by atoms with van der Waals surface area (Å²) in [4.78, 5) is 23.9. The third-order valence-corrected chi connectivity index (χ3v) is 2.89. The number of carbonyl (C=O) groups excluding carboxylic acids is 1. The Kier molecular flexibility index (Phi) is 5.36. The van der Waals surface area contributed by atoms with Crippen molar-refractivity contribution in [3.05, 3.63) is 29.8 Å². The molecule has 1 atom stereocenters. The zero-order valence-corrected chi connectivity index (χ0v) is 11.5. The van der Waals surface area contributed by atoms with Crippen molar-refractivity contribution in [2.24, 2.45) is 0 Å². The highest BCUT2D eigenvalue weighted by Gasteiger charge is 2.14. The van der Waals surface area contributed by atoms with Gasteiger partial charge in [0, 0.05) is 25.2 Å². The van der Waals surface area contributed by atoms with Gasteiger partial charge in [0.25, 0.3) is 0 Å². The molecule has 0 saturated heterocycles. The number of carboxylic acids is 1. The van der Waals surface area contributed by atoms with Gasteiger partial charge in [0.05, 0.1) is 0 Å². The van der Waals surface area contributed by atoms with E-state index in [1.54, 1.807) is 14.0 Å². The Morgan fingerprint density at radius 2 is 1.89 bits per heavy atom. The Hall–Kier alpha value is -2.04. The number of aliphatic carboxylic acids is 1. The Morgan fingerprint density at radius 3 is 2.42 bits per heavy atom. The monoisotopic (exact) mass is 264 g/mol. The number of hydrogen-bond donors (Lipinski definition) is 2. The Balaban J connectivity index is 2.52. The van der Waals surface area contributed by atoms with E-state index in [1.807, 2.05) is 31.2 Å². The van der Waals surface area contributed by atoms with Crippen molar-refractivity contribution in [1.82, 2.24) is 5.32 Å². The second-order valence-corrected chi connectivity index (χ2v) is 4.68. The summed E-state index contributed by atoms with van der Waals surface area (Å²) < 4.78 is 0. The molecule has 1 aromatic rings. The Bertz CT molecular complexity index is 443. The number of nitrogens with one attached hydrogen (secondary N) is 1. The second kappa shape index (κ2) is 6.78. The van der Waals surface area contributed by atoms with E-state index in [0.717, 1.165) is 11.3 Å². The molecular weight excluding hydrogens is 244 g/mol. The van der Waals surface area contributed by atoms with Gasteiger partial charge in [0.1, 0.15) is 0 Å². The predicted octanol–water partition coefficient (Wildman–Crippen LogP) is 2.39. The van der Waals surface area contributed by atoms with Crippen molar-refractivity contribution < 1.29 is 14.7 Å². The van der Waals surface area contributed by atoms with Gasteiger partial charge >= 0.3 is 12.0 Å². The molecule has 0 heterocycles. The fourth-order valence-electron chi connectivity index (χ4n) is 1.61. The van der Waals surface area contributed by atoms with Crippen LogP contribution < -0.4 is 10.2 Å². The third-order valence-electron chi connectivity index (χ3n) is 2.89. The smallest absolute Gasteiger partial charge is 0.321 e. The number of carboxylic acid groups (broad SMARTS) is 1. The van der Waals surface area contributed by atoms with Crippen LogP contribution in [0.1, 0.15) is 25.3 Å². The minimum Gasteiger partial charge on any atom is -0.481 e. The molecule has 19 heavy (non-hydrogen) atoms. The van der Waals surface area contributed by atoms with Gasteiger partial charge in [0.15, 0.2) is 0 Å². The third kappa shape index (κ3) is 4.99. The lowest BCUT2D eigenvalue weighted by Gasteiger charge is -2.21. The molecule has 1 rings (SSSR count). The molecule has 0 aliphatic rings. The van der Waals surface area contributed by atoms with Crippen LogP contribution in [0, 0.1) is 6.92 Å². The fraction of sp³-hybridized carbons (Fsp3) is 0.429. The molecule has 0 bridgehead atoms. The first kappa shape index (κ1) is 15.0. The van der Waals surface area contributed by atoms with E-state index >= 15 is 0 Å². The first-order chi connectivity index (χ1) is 8.90. The van der Waals surface area contributed by atoms with E-state index in [9.17, 15) is 9.59 Å². The highest BCUT2D eigenvalue weighted by atomic mass is 16.4. The van der Waals surface area contributed by atoms with Crippen molar-refractivity contribution in [1.29, 1.82) is 0 Å². The Labute approximate surface area is 113 Å². The SMILES string of the molecule is Cc1ccc(N(C)C(=O)NC(C)CCC(=O)O)cc1. The highest BCUT2D eigenvalue weighted by molar-refractivity contribution is 5.91. The van der Waals surface area contributed by atoms with Gasteiger partial charge in [-0.05, 0) is 32.4 Å². The van der Waals surface area contributed by atoms with Crippen LogP contribution in [0.4, 0.5) is 10.5 Å². The minimum absolute atomic E-state index is 0.0513. The second-order valence-electron chi connectivity index (χ2n) is 4.68.